The van der Waals surface area contributed by atoms with Crippen LogP contribution in [0.2, 0.25) is 0 Å². The molecule has 16 heteroatoms. The van der Waals surface area contributed by atoms with E-state index in [1.165, 1.54) is 156 Å². The molecule has 16 nitrogen and oxygen atoms in total. The van der Waals surface area contributed by atoms with E-state index >= 15 is 0 Å². The van der Waals surface area contributed by atoms with Gasteiger partial charge in [-0.25, -0.2) is 39.9 Å². The molecule has 0 spiro atoms. The Morgan fingerprint density at radius 2 is 0.468 bits per heavy atom. The predicted molar refractivity (Wildman–Crippen MR) is 489 cm³/mol. The van der Waals surface area contributed by atoms with Crippen LogP contribution in [-0.2, 0) is 51.4 Å². The summed E-state index contributed by atoms with van der Waals surface area (Å²) in [4.78, 5) is 57.7. The molecule has 576 valence electrons. The molecular formula is C108H64N16. The number of benzene rings is 8. The Hall–Kier alpha value is -16.2. The van der Waals surface area contributed by atoms with Crippen LogP contribution in [-0.4, -0.2) is 77.4 Å². The van der Waals surface area contributed by atoms with Crippen molar-refractivity contribution in [1.29, 1.82) is 0 Å². The molecule has 16 aromatic heterocycles. The number of pyridine rings is 12. The van der Waals surface area contributed by atoms with Crippen molar-refractivity contribution in [1.82, 2.24) is 77.4 Å². The summed E-state index contributed by atoms with van der Waals surface area (Å²) in [5.74, 6) is 0. The molecule has 124 heavy (non-hydrogen) atoms. The molecule has 0 aliphatic heterocycles. The molecule has 8 aromatic carbocycles. The molecule has 0 radical (unpaired) electrons. The molecule has 0 unspecified atom stereocenters. The second-order valence-electron chi connectivity index (χ2n) is 34.1. The maximum Gasteiger partial charge on any atom is 0.165 e. The van der Waals surface area contributed by atoms with E-state index < -0.39 is 0 Å². The van der Waals surface area contributed by atoms with E-state index in [2.05, 4.69) is 227 Å². The average Bonchev–Trinajstić information content (AvgIpc) is 1.55. The van der Waals surface area contributed by atoms with Gasteiger partial charge in [-0.05, 0) is 245 Å². The third-order valence-corrected chi connectivity index (χ3v) is 27.6. The van der Waals surface area contributed by atoms with Gasteiger partial charge in [0.1, 0.15) is 45.0 Å². The van der Waals surface area contributed by atoms with Gasteiger partial charge >= 0.3 is 0 Å². The molecule has 0 saturated carbocycles. The number of imidazole rings is 4. The zero-order chi connectivity index (χ0) is 80.4. The highest BCUT2D eigenvalue weighted by atomic mass is 15.1. The van der Waals surface area contributed by atoms with Crippen LogP contribution in [0.4, 0.5) is 0 Å². The summed E-state index contributed by atoms with van der Waals surface area (Å²) in [7, 11) is 0. The molecule has 0 bridgehead atoms. The molecule has 0 atom stereocenters. The topological polar surface area (TPSA) is 172 Å². The van der Waals surface area contributed by atoms with Crippen LogP contribution in [0.5, 0.6) is 0 Å². The number of hydrogen-bond acceptors (Lipinski definition) is 12. The van der Waals surface area contributed by atoms with E-state index in [0.29, 0.717) is 0 Å². The van der Waals surface area contributed by atoms with Crippen molar-refractivity contribution >= 4 is 110 Å². The third kappa shape index (κ3) is 9.18. The lowest BCUT2D eigenvalue weighted by atomic mass is 9.99. The van der Waals surface area contributed by atoms with Crippen LogP contribution in [0.15, 0.2) is 292 Å². The predicted octanol–water partition coefficient (Wildman–Crippen LogP) is 22.3. The van der Waals surface area contributed by atoms with Gasteiger partial charge in [0, 0.05) is 158 Å². The molecule has 24 aromatic rings. The zero-order valence-corrected chi connectivity index (χ0v) is 66.5. The lowest BCUT2D eigenvalue weighted by molar-refractivity contribution is 1.15. The molecule has 16 heterocycles. The highest BCUT2D eigenvalue weighted by Crippen LogP contribution is 2.53. The van der Waals surface area contributed by atoms with Gasteiger partial charge in [0.15, 0.2) is 5.65 Å². The minimum Gasteiger partial charge on any atom is -0.275 e. The fraction of sp³-hybridized carbons (Fsp3) is 0.0741. The first kappa shape index (κ1) is 66.7. The Balaban J connectivity index is 0.0000000828. The zero-order valence-electron chi connectivity index (χ0n) is 66.5. The normalized spacial score (nSPS) is 13.5. The smallest absolute Gasteiger partial charge is 0.165 e. The second kappa shape index (κ2) is 24.7. The minimum absolute atomic E-state index is 0.860. The molecule has 0 N–H and O–H groups in total. The Morgan fingerprint density at radius 1 is 0.177 bits per heavy atom. The Labute approximate surface area is 706 Å². The van der Waals surface area contributed by atoms with E-state index in [9.17, 15) is 0 Å². The van der Waals surface area contributed by atoms with Crippen molar-refractivity contribution in [3.8, 4) is 89.5 Å². The van der Waals surface area contributed by atoms with Crippen LogP contribution in [0.3, 0.4) is 0 Å². The number of aromatic nitrogens is 16. The quantitative estimate of drug-likeness (QED) is 0.132. The molecule has 0 saturated heterocycles. The molecule has 8 aliphatic rings. The lowest BCUT2D eigenvalue weighted by Crippen LogP contribution is -1.97. The highest BCUT2D eigenvalue weighted by Gasteiger charge is 2.37. The Morgan fingerprint density at radius 3 is 0.895 bits per heavy atom. The lowest BCUT2D eigenvalue weighted by Gasteiger charge is -2.11. The van der Waals surface area contributed by atoms with Gasteiger partial charge < -0.3 is 0 Å². The first-order chi connectivity index (χ1) is 61.5. The van der Waals surface area contributed by atoms with E-state index in [0.717, 1.165) is 184 Å². The van der Waals surface area contributed by atoms with Gasteiger partial charge in [-0.1, -0.05) is 127 Å². The van der Waals surface area contributed by atoms with Crippen LogP contribution in [0.1, 0.15) is 89.5 Å². The van der Waals surface area contributed by atoms with Crippen molar-refractivity contribution < 1.29 is 0 Å². The van der Waals surface area contributed by atoms with Gasteiger partial charge in [0.05, 0.1) is 51.1 Å². The van der Waals surface area contributed by atoms with Crippen LogP contribution >= 0.6 is 0 Å². The van der Waals surface area contributed by atoms with Gasteiger partial charge in [-0.15, -0.1) is 0 Å². The minimum atomic E-state index is 0.860. The van der Waals surface area contributed by atoms with Crippen molar-refractivity contribution in [3.63, 3.8) is 0 Å². The van der Waals surface area contributed by atoms with E-state index in [1.54, 1.807) is 0 Å². The molecule has 32 rings (SSSR count). The SMILES string of the molecule is c1ccc2c(c1)Cc1cc3c(cc1-2)-c1c(nc2c4cccnc4c4cccnc4n12)C3.c1ccc2c(c1)Cc1cc3c(cc1-2)-c1c(nc2c4ccncc4c4cccnc4n12)C3.c1ccc2c(c1)Cc1cc3c(cc1-2)-c1c(nc2c4cnccc4c4cccnc4n12)C3.c1ccc2c(c1)Cc1cc3c(cc1-2)-c1c(nc2c4ncccc4c4cccnc4n12)C3. The number of nitrogens with zero attached hydrogens (tertiary/aromatic N) is 16. The summed E-state index contributed by atoms with van der Waals surface area (Å²) in [6.07, 6.45) is 26.2. The Bertz CT molecular complexity index is 8010. The van der Waals surface area contributed by atoms with Gasteiger partial charge in [0.25, 0.3) is 0 Å². The first-order valence-corrected chi connectivity index (χ1v) is 42.5. The molecular weight excluding hydrogens is 1520 g/mol. The maximum absolute atomic E-state index is 5.13. The summed E-state index contributed by atoms with van der Waals surface area (Å²) < 4.78 is 9.02. The van der Waals surface area contributed by atoms with Crippen molar-refractivity contribution in [3.05, 3.63) is 382 Å². The van der Waals surface area contributed by atoms with Crippen LogP contribution in [0.25, 0.3) is 200 Å². The average molecular weight is 1590 g/mol. The number of fused-ring (bicyclic) bond motifs is 52. The fourth-order valence-electron chi connectivity index (χ4n) is 22.4. The van der Waals surface area contributed by atoms with Crippen LogP contribution < -0.4 is 0 Å². The second-order valence-corrected chi connectivity index (χ2v) is 34.1. The number of rotatable bonds is 0. The largest absolute Gasteiger partial charge is 0.275 e. The van der Waals surface area contributed by atoms with Crippen molar-refractivity contribution in [2.24, 2.45) is 0 Å². The maximum atomic E-state index is 5.13. The summed E-state index contributed by atoms with van der Waals surface area (Å²) >= 11 is 0. The molecule has 0 amide bonds. The standard InChI is InChI=1S/4C27H16N4/c1-2-6-18-15(5-1)11-16-12-17-13-23-25(22(17)14-21(16)18)31-26-19(7-4-10-29-26)24-20(27(31)30-23)8-3-9-28-24;1-2-6-18-15(5-1)11-16-12-17-13-23-25(22(17)14-21(16)18)31-26-20(8-4-10-29-26)19-7-3-9-28-24(19)27(31)30-23;1-2-5-18-15(4-1)10-16-11-17-12-24-25(22(17)13-21(16)18)31-26-20(6-3-8-29-26)19-7-9-28-14-23(19)27(31)30-24;1-2-5-18-15(4-1)10-16-11-17-12-24-25(22(17)13-21(16)18)31-26-19(6-3-8-29-26)23-14-28-9-7-20(23)27(31)30-24/h2*1-10,12,14H,11,13H2;2*1-9,11,13-14H,10,12H2. The van der Waals surface area contributed by atoms with Gasteiger partial charge in [-0.2, -0.15) is 0 Å². The first-order valence-electron chi connectivity index (χ1n) is 42.5. The summed E-state index contributed by atoms with van der Waals surface area (Å²) in [6, 6.07) is 83.0. The van der Waals surface area contributed by atoms with E-state index in [-0.39, 0.29) is 0 Å². The molecule has 8 aliphatic carbocycles. The van der Waals surface area contributed by atoms with Gasteiger partial charge in [-0.3, -0.25) is 37.5 Å². The monoisotopic (exact) mass is 1580 g/mol. The van der Waals surface area contributed by atoms with Crippen molar-refractivity contribution in [2.75, 3.05) is 0 Å². The summed E-state index contributed by atoms with van der Waals surface area (Å²) in [5.41, 5.74) is 51.6. The Kier molecular flexibility index (Phi) is 13.3. The van der Waals surface area contributed by atoms with Crippen LogP contribution in [0, 0.1) is 0 Å². The molecule has 0 fully saturated rings. The number of hydrogen-bond donors (Lipinski definition) is 0. The summed E-state index contributed by atoms with van der Waals surface area (Å²) in [5, 5.41) is 11.0. The van der Waals surface area contributed by atoms with Crippen molar-refractivity contribution in [2.45, 2.75) is 51.4 Å². The third-order valence-electron chi connectivity index (χ3n) is 27.6. The highest BCUT2D eigenvalue weighted by molar-refractivity contribution is 6.15. The van der Waals surface area contributed by atoms with Gasteiger partial charge in [0.2, 0.25) is 0 Å². The van der Waals surface area contributed by atoms with E-state index in [4.69, 9.17) is 44.9 Å². The van der Waals surface area contributed by atoms with E-state index in [1.807, 2.05) is 98.4 Å². The fourth-order valence-corrected chi connectivity index (χ4v) is 22.4. The summed E-state index contributed by atoms with van der Waals surface area (Å²) in [6.45, 7) is 0.